The van der Waals surface area contributed by atoms with Crippen LogP contribution < -0.4 is 20.9 Å². The van der Waals surface area contributed by atoms with Gasteiger partial charge in [-0.15, -0.1) is 0 Å². The first-order valence-corrected chi connectivity index (χ1v) is 7.71. The third kappa shape index (κ3) is 5.36. The van der Waals surface area contributed by atoms with Crippen molar-refractivity contribution in [3.8, 4) is 5.75 Å². The minimum absolute atomic E-state index is 0.161. The van der Waals surface area contributed by atoms with Crippen LogP contribution in [0.1, 0.15) is 17.3 Å². The Labute approximate surface area is 149 Å². The normalized spacial score (nSPS) is 16.9. The molecular weight excluding hydrogens is 346 g/mol. The van der Waals surface area contributed by atoms with Crippen LogP contribution in [0.4, 0.5) is 0 Å². The van der Waals surface area contributed by atoms with Crippen LogP contribution in [-0.4, -0.2) is 51.4 Å². The first-order valence-electron chi connectivity index (χ1n) is 7.71. The highest BCUT2D eigenvalue weighted by atomic mass is 16.6. The molecule has 0 bridgehead atoms. The van der Waals surface area contributed by atoms with Crippen molar-refractivity contribution in [3.05, 3.63) is 53.9 Å². The van der Waals surface area contributed by atoms with Gasteiger partial charge in [0.1, 0.15) is 24.8 Å². The molecule has 0 radical (unpaired) electrons. The molecule has 1 unspecified atom stereocenters. The van der Waals surface area contributed by atoms with Gasteiger partial charge in [-0.05, 0) is 31.2 Å². The number of carbonyl (C=O) groups is 1. The Morgan fingerprint density at radius 1 is 1.31 bits per heavy atom. The SMILES string of the molecule is C[C@@H](O)[C@H](NC(=O)c1ccc(OCC2=COC(O)=CN2)cc1)C(O)NO. The van der Waals surface area contributed by atoms with Crippen LogP contribution in [0.3, 0.4) is 0 Å². The number of aliphatic hydroxyl groups is 3. The van der Waals surface area contributed by atoms with Crippen LogP contribution in [0.15, 0.2) is 48.4 Å². The van der Waals surface area contributed by atoms with Crippen molar-refractivity contribution in [1.82, 2.24) is 16.1 Å². The molecule has 10 heteroatoms. The second kappa shape index (κ2) is 9.06. The number of hydroxylamine groups is 1. The number of hydrogen-bond acceptors (Lipinski definition) is 9. The Balaban J connectivity index is 1.90. The molecule has 0 saturated carbocycles. The van der Waals surface area contributed by atoms with Crippen molar-refractivity contribution in [3.63, 3.8) is 0 Å². The molecule has 1 aromatic rings. The van der Waals surface area contributed by atoms with Crippen molar-refractivity contribution >= 4 is 5.91 Å². The van der Waals surface area contributed by atoms with Crippen LogP contribution in [0, 0.1) is 0 Å². The summed E-state index contributed by atoms with van der Waals surface area (Å²) in [5.41, 5.74) is 2.45. The fraction of sp³-hybridized carbons (Fsp3) is 0.312. The summed E-state index contributed by atoms with van der Waals surface area (Å²) in [4.78, 5) is 12.2. The van der Waals surface area contributed by atoms with E-state index in [1.54, 1.807) is 17.6 Å². The lowest BCUT2D eigenvalue weighted by Gasteiger charge is -2.25. The molecule has 1 heterocycles. The van der Waals surface area contributed by atoms with Gasteiger partial charge in [-0.2, -0.15) is 5.48 Å². The summed E-state index contributed by atoms with van der Waals surface area (Å²) in [6, 6.07) is 5.06. The van der Waals surface area contributed by atoms with Crippen LogP contribution in [0.2, 0.25) is 0 Å². The third-order valence-electron chi connectivity index (χ3n) is 3.50. The Morgan fingerprint density at radius 2 is 2.00 bits per heavy atom. The second-order valence-corrected chi connectivity index (χ2v) is 5.51. The van der Waals surface area contributed by atoms with Gasteiger partial charge < -0.3 is 40.6 Å². The van der Waals surface area contributed by atoms with Gasteiger partial charge in [-0.1, -0.05) is 0 Å². The second-order valence-electron chi connectivity index (χ2n) is 5.51. The zero-order valence-electron chi connectivity index (χ0n) is 13.9. The zero-order chi connectivity index (χ0) is 19.1. The number of ether oxygens (including phenoxy) is 2. The van der Waals surface area contributed by atoms with Gasteiger partial charge in [-0.25, -0.2) is 0 Å². The van der Waals surface area contributed by atoms with Gasteiger partial charge in [0.25, 0.3) is 11.9 Å². The van der Waals surface area contributed by atoms with E-state index in [1.165, 1.54) is 31.5 Å². The number of benzene rings is 1. The van der Waals surface area contributed by atoms with Crippen LogP contribution >= 0.6 is 0 Å². The molecule has 0 saturated heterocycles. The topological polar surface area (TPSA) is 153 Å². The molecule has 0 aliphatic carbocycles. The maximum Gasteiger partial charge on any atom is 0.298 e. The average molecular weight is 367 g/mol. The largest absolute Gasteiger partial charge is 0.487 e. The molecule has 1 aromatic carbocycles. The Hall–Kier alpha value is -2.79. The van der Waals surface area contributed by atoms with E-state index in [0.717, 1.165) is 0 Å². The highest BCUT2D eigenvalue weighted by Crippen LogP contribution is 2.14. The number of rotatable bonds is 8. The van der Waals surface area contributed by atoms with Gasteiger partial charge in [0.2, 0.25) is 0 Å². The van der Waals surface area contributed by atoms with E-state index in [4.69, 9.17) is 19.8 Å². The molecule has 1 aliphatic heterocycles. The minimum atomic E-state index is -1.52. The fourth-order valence-electron chi connectivity index (χ4n) is 2.07. The number of amides is 1. The summed E-state index contributed by atoms with van der Waals surface area (Å²) in [5, 5.41) is 42.1. The van der Waals surface area contributed by atoms with E-state index < -0.39 is 24.3 Å². The van der Waals surface area contributed by atoms with Gasteiger partial charge in [0, 0.05) is 5.56 Å². The zero-order valence-corrected chi connectivity index (χ0v) is 13.9. The molecule has 10 nitrogen and oxygen atoms in total. The number of carbonyl (C=O) groups excluding carboxylic acids is 1. The monoisotopic (exact) mass is 367 g/mol. The highest BCUT2D eigenvalue weighted by molar-refractivity contribution is 5.94. The lowest BCUT2D eigenvalue weighted by Crippen LogP contribution is -2.54. The Kier molecular flexibility index (Phi) is 6.81. The predicted molar refractivity (Wildman–Crippen MR) is 88.8 cm³/mol. The number of aliphatic hydroxyl groups excluding tert-OH is 3. The van der Waals surface area contributed by atoms with E-state index in [2.05, 4.69) is 10.6 Å². The van der Waals surface area contributed by atoms with Crippen molar-refractivity contribution in [2.45, 2.75) is 25.3 Å². The summed E-state index contributed by atoms with van der Waals surface area (Å²) in [7, 11) is 0. The molecule has 1 aliphatic rings. The summed E-state index contributed by atoms with van der Waals surface area (Å²) in [6.45, 7) is 1.53. The molecule has 0 spiro atoms. The first kappa shape index (κ1) is 19.5. The summed E-state index contributed by atoms with van der Waals surface area (Å²) >= 11 is 0. The van der Waals surface area contributed by atoms with Gasteiger partial charge in [0.05, 0.1) is 24.0 Å². The molecule has 1 amide bonds. The predicted octanol–water partition coefficient (Wildman–Crippen LogP) is -0.340. The molecule has 0 aromatic heterocycles. The fourth-order valence-corrected chi connectivity index (χ4v) is 2.07. The molecule has 3 atom stereocenters. The molecule has 0 fully saturated rings. The van der Waals surface area contributed by atoms with E-state index in [1.807, 2.05) is 0 Å². The van der Waals surface area contributed by atoms with E-state index in [-0.39, 0.29) is 18.1 Å². The molecule has 2 rings (SSSR count). The van der Waals surface area contributed by atoms with Crippen LogP contribution in [0.5, 0.6) is 5.75 Å². The highest BCUT2D eigenvalue weighted by Gasteiger charge is 2.25. The summed E-state index contributed by atoms with van der Waals surface area (Å²) < 4.78 is 10.3. The summed E-state index contributed by atoms with van der Waals surface area (Å²) in [6.07, 6.45) is -0.0227. The first-order chi connectivity index (χ1) is 12.4. The molecular formula is C16H21N3O7. The van der Waals surface area contributed by atoms with Crippen molar-refractivity contribution in [1.29, 1.82) is 0 Å². The van der Waals surface area contributed by atoms with Crippen LogP contribution in [-0.2, 0) is 4.74 Å². The Bertz CT molecular complexity index is 673. The molecule has 142 valence electrons. The van der Waals surface area contributed by atoms with Gasteiger partial charge in [-0.3, -0.25) is 4.79 Å². The van der Waals surface area contributed by atoms with Crippen molar-refractivity contribution in [2.75, 3.05) is 6.61 Å². The third-order valence-corrected chi connectivity index (χ3v) is 3.50. The molecule has 7 N–H and O–H groups in total. The number of hydrogen-bond donors (Lipinski definition) is 7. The van der Waals surface area contributed by atoms with E-state index in [9.17, 15) is 15.0 Å². The van der Waals surface area contributed by atoms with Crippen molar-refractivity contribution in [2.24, 2.45) is 0 Å². The minimum Gasteiger partial charge on any atom is -0.487 e. The average Bonchev–Trinajstić information content (AvgIpc) is 2.65. The van der Waals surface area contributed by atoms with Crippen molar-refractivity contribution < 1.29 is 34.8 Å². The lowest BCUT2D eigenvalue weighted by molar-refractivity contribution is -0.0463. The number of nitrogens with one attached hydrogen (secondary N) is 3. The van der Waals surface area contributed by atoms with E-state index >= 15 is 0 Å². The van der Waals surface area contributed by atoms with Crippen LogP contribution in [0.25, 0.3) is 0 Å². The standard InChI is InChI=1S/C16H21N3O7/c1-9(20)14(16(23)19-24)18-15(22)10-2-4-12(5-3-10)25-7-11-8-26-13(21)6-17-11/h2-6,8-9,14,16-17,19-21,23-24H,7H2,1H3,(H,18,22)/t9-,14+,16?/m1/s1. The van der Waals surface area contributed by atoms with Gasteiger partial charge in [0.15, 0.2) is 0 Å². The lowest BCUT2D eigenvalue weighted by atomic mass is 10.1. The quantitative estimate of drug-likeness (QED) is 0.242. The smallest absolute Gasteiger partial charge is 0.298 e. The Morgan fingerprint density at radius 3 is 2.54 bits per heavy atom. The molecule has 26 heavy (non-hydrogen) atoms. The van der Waals surface area contributed by atoms with Gasteiger partial charge >= 0.3 is 0 Å². The van der Waals surface area contributed by atoms with E-state index in [0.29, 0.717) is 11.4 Å². The summed E-state index contributed by atoms with van der Waals surface area (Å²) in [5.74, 6) is -0.296. The maximum absolute atomic E-state index is 12.2. The maximum atomic E-state index is 12.2.